The minimum Gasteiger partial charge on any atom is -0.494 e. The number of ether oxygens (including phenoxy) is 2. The van der Waals surface area contributed by atoms with E-state index in [2.05, 4.69) is 44.2 Å². The maximum absolute atomic E-state index is 11.0. The molecule has 0 spiro atoms. The lowest BCUT2D eigenvalue weighted by Crippen LogP contribution is -2.12. The first kappa shape index (κ1) is 26.7. The van der Waals surface area contributed by atoms with Gasteiger partial charge >= 0.3 is 0 Å². The van der Waals surface area contributed by atoms with Gasteiger partial charge in [0.15, 0.2) is 0 Å². The zero-order valence-electron chi connectivity index (χ0n) is 20.3. The molecule has 0 fully saturated rings. The Bertz CT molecular complexity index is 868. The van der Waals surface area contributed by atoms with Gasteiger partial charge in [-0.15, -0.1) is 0 Å². The van der Waals surface area contributed by atoms with Gasteiger partial charge in [0.2, 0.25) is 5.91 Å². The second-order valence-electron chi connectivity index (χ2n) is 8.89. The predicted octanol–water partition coefficient (Wildman–Crippen LogP) is 4.21. The van der Waals surface area contributed by atoms with Crippen molar-refractivity contribution >= 4 is 5.91 Å². The van der Waals surface area contributed by atoms with Crippen LogP contribution < -0.4 is 26.7 Å². The number of hydrogen-bond donors (Lipinski definition) is 3. The van der Waals surface area contributed by atoms with E-state index in [0.29, 0.717) is 45.1 Å². The molecule has 182 valence electrons. The molecule has 6 N–H and O–H groups in total. The van der Waals surface area contributed by atoms with Gasteiger partial charge in [-0.1, -0.05) is 32.0 Å². The molecule has 2 aromatic rings. The highest BCUT2D eigenvalue weighted by molar-refractivity contribution is 5.76. The normalized spacial score (nSPS) is 11.1. The summed E-state index contributed by atoms with van der Waals surface area (Å²) in [5.74, 6) is 1.94. The minimum absolute atomic E-state index is 0.312. The SMILES string of the molecule is CC(C)CCOc1cccc(CCCN)c1-c1cc(CCCN)cc(OCCCC(N)=O)c1. The topological polar surface area (TPSA) is 114 Å². The number of aryl methyl sites for hydroxylation is 2. The Morgan fingerprint density at radius 2 is 1.70 bits per heavy atom. The molecule has 0 aliphatic carbocycles. The summed E-state index contributed by atoms with van der Waals surface area (Å²) >= 11 is 0. The Morgan fingerprint density at radius 3 is 2.39 bits per heavy atom. The number of hydrogen-bond acceptors (Lipinski definition) is 5. The summed E-state index contributed by atoms with van der Waals surface area (Å²) in [5, 5.41) is 0. The van der Waals surface area contributed by atoms with Gasteiger partial charge in [-0.2, -0.15) is 0 Å². The van der Waals surface area contributed by atoms with E-state index < -0.39 is 0 Å². The highest BCUT2D eigenvalue weighted by atomic mass is 16.5. The van der Waals surface area contributed by atoms with Crippen molar-refractivity contribution < 1.29 is 14.3 Å². The first-order valence-corrected chi connectivity index (χ1v) is 12.1. The van der Waals surface area contributed by atoms with E-state index in [1.807, 2.05) is 6.07 Å². The summed E-state index contributed by atoms with van der Waals surface area (Å²) in [5.41, 5.74) is 21.4. The average Bonchev–Trinajstić information content (AvgIpc) is 2.78. The molecular weight excluding hydrogens is 414 g/mol. The Labute approximate surface area is 198 Å². The fourth-order valence-electron chi connectivity index (χ4n) is 3.71. The molecule has 0 saturated heterocycles. The van der Waals surface area contributed by atoms with Crippen LogP contribution in [0, 0.1) is 5.92 Å². The molecule has 0 atom stereocenters. The first-order valence-electron chi connectivity index (χ1n) is 12.1. The molecule has 33 heavy (non-hydrogen) atoms. The van der Waals surface area contributed by atoms with Gasteiger partial charge in [0, 0.05) is 12.0 Å². The molecule has 1 amide bonds. The van der Waals surface area contributed by atoms with Gasteiger partial charge in [-0.05, 0) is 92.4 Å². The molecule has 0 aliphatic heterocycles. The zero-order chi connectivity index (χ0) is 24.1. The molecule has 6 heteroatoms. The number of benzene rings is 2. The number of nitrogens with two attached hydrogens (primary N) is 3. The molecule has 2 rings (SSSR count). The highest BCUT2D eigenvalue weighted by Gasteiger charge is 2.15. The molecule has 0 heterocycles. The maximum atomic E-state index is 11.0. The lowest BCUT2D eigenvalue weighted by Gasteiger charge is -2.18. The summed E-state index contributed by atoms with van der Waals surface area (Å²) in [4.78, 5) is 11.0. The lowest BCUT2D eigenvalue weighted by molar-refractivity contribution is -0.118. The van der Waals surface area contributed by atoms with Crippen molar-refractivity contribution in [1.82, 2.24) is 0 Å². The largest absolute Gasteiger partial charge is 0.494 e. The standard InChI is InChI=1S/C27H41N3O3/c1-20(2)12-16-33-25-10-3-8-22(9-5-14-29)27(25)23-17-21(7-4-13-28)18-24(19-23)32-15-6-11-26(30)31/h3,8,10,17-20H,4-7,9,11-16,28-29H2,1-2H3,(H2,30,31). The van der Waals surface area contributed by atoms with Crippen LogP contribution in [0.15, 0.2) is 36.4 Å². The smallest absolute Gasteiger partial charge is 0.217 e. The number of rotatable bonds is 16. The van der Waals surface area contributed by atoms with Gasteiger partial charge in [0.25, 0.3) is 0 Å². The van der Waals surface area contributed by atoms with Crippen LogP contribution in [0.3, 0.4) is 0 Å². The maximum Gasteiger partial charge on any atom is 0.217 e. The van der Waals surface area contributed by atoms with Crippen LogP contribution in [0.2, 0.25) is 0 Å². The van der Waals surface area contributed by atoms with Crippen molar-refractivity contribution in [2.24, 2.45) is 23.1 Å². The van der Waals surface area contributed by atoms with Gasteiger partial charge < -0.3 is 26.7 Å². The van der Waals surface area contributed by atoms with E-state index in [1.54, 1.807) is 0 Å². The third kappa shape index (κ3) is 9.44. The zero-order valence-corrected chi connectivity index (χ0v) is 20.3. The molecule has 0 aliphatic rings. The molecular formula is C27H41N3O3. The van der Waals surface area contributed by atoms with Crippen molar-refractivity contribution in [1.29, 1.82) is 0 Å². The van der Waals surface area contributed by atoms with Gasteiger partial charge in [0.05, 0.1) is 13.2 Å². The van der Waals surface area contributed by atoms with Gasteiger partial charge in [-0.25, -0.2) is 0 Å². The number of amides is 1. The van der Waals surface area contributed by atoms with E-state index >= 15 is 0 Å². The van der Waals surface area contributed by atoms with Crippen LogP contribution in [-0.4, -0.2) is 32.2 Å². The Morgan fingerprint density at radius 1 is 0.939 bits per heavy atom. The van der Waals surface area contributed by atoms with E-state index in [9.17, 15) is 4.79 Å². The van der Waals surface area contributed by atoms with Gasteiger partial charge in [-0.3, -0.25) is 4.79 Å². The lowest BCUT2D eigenvalue weighted by atomic mass is 9.93. The van der Waals surface area contributed by atoms with Crippen LogP contribution in [0.25, 0.3) is 11.1 Å². The molecule has 6 nitrogen and oxygen atoms in total. The Balaban J connectivity index is 2.42. The summed E-state index contributed by atoms with van der Waals surface area (Å²) in [7, 11) is 0. The fourth-order valence-corrected chi connectivity index (χ4v) is 3.71. The van der Waals surface area contributed by atoms with Crippen LogP contribution in [0.1, 0.15) is 57.1 Å². The van der Waals surface area contributed by atoms with Crippen molar-refractivity contribution in [3.8, 4) is 22.6 Å². The quantitative estimate of drug-likeness (QED) is 0.328. The van der Waals surface area contributed by atoms with E-state index in [-0.39, 0.29) is 5.91 Å². The molecule has 0 aromatic heterocycles. The summed E-state index contributed by atoms with van der Waals surface area (Å²) < 4.78 is 12.3. The minimum atomic E-state index is -0.312. The number of primary amides is 1. The predicted molar refractivity (Wildman–Crippen MR) is 136 cm³/mol. The van der Waals surface area contributed by atoms with Gasteiger partial charge in [0.1, 0.15) is 11.5 Å². The van der Waals surface area contributed by atoms with Crippen molar-refractivity contribution in [2.75, 3.05) is 26.3 Å². The molecule has 2 aromatic carbocycles. The molecule has 0 saturated carbocycles. The number of carbonyl (C=O) groups excluding carboxylic acids is 1. The van der Waals surface area contributed by atoms with E-state index in [1.165, 1.54) is 11.1 Å². The van der Waals surface area contributed by atoms with Crippen molar-refractivity contribution in [3.05, 3.63) is 47.5 Å². The Hall–Kier alpha value is -2.57. The van der Waals surface area contributed by atoms with Crippen LogP contribution in [-0.2, 0) is 17.6 Å². The second-order valence-corrected chi connectivity index (χ2v) is 8.89. The van der Waals surface area contributed by atoms with Crippen LogP contribution in [0.5, 0.6) is 11.5 Å². The summed E-state index contributed by atoms with van der Waals surface area (Å²) in [6.07, 6.45) is 5.47. The summed E-state index contributed by atoms with van der Waals surface area (Å²) in [6, 6.07) is 12.6. The molecule has 0 bridgehead atoms. The first-order chi connectivity index (χ1) is 15.9. The Kier molecular flexibility index (Phi) is 11.8. The van der Waals surface area contributed by atoms with E-state index in [0.717, 1.165) is 54.7 Å². The molecule has 0 radical (unpaired) electrons. The van der Waals surface area contributed by atoms with E-state index in [4.69, 9.17) is 26.7 Å². The number of carbonyl (C=O) groups is 1. The monoisotopic (exact) mass is 455 g/mol. The second kappa shape index (κ2) is 14.6. The highest BCUT2D eigenvalue weighted by Crippen LogP contribution is 2.37. The van der Waals surface area contributed by atoms with Crippen molar-refractivity contribution in [2.45, 2.75) is 58.8 Å². The van der Waals surface area contributed by atoms with Crippen LogP contribution >= 0.6 is 0 Å². The van der Waals surface area contributed by atoms with Crippen LogP contribution in [0.4, 0.5) is 0 Å². The fraction of sp³-hybridized carbons (Fsp3) is 0.519. The third-order valence-electron chi connectivity index (χ3n) is 5.48. The van der Waals surface area contributed by atoms with Crippen molar-refractivity contribution in [3.63, 3.8) is 0 Å². The average molecular weight is 456 g/mol. The molecule has 0 unspecified atom stereocenters. The third-order valence-corrected chi connectivity index (χ3v) is 5.48. The summed E-state index contributed by atoms with van der Waals surface area (Å²) in [6.45, 7) is 6.79.